The Morgan fingerprint density at radius 3 is 2.25 bits per heavy atom. The molecule has 0 spiro atoms. The average molecular weight is 274 g/mol. The first-order valence-electron chi connectivity index (χ1n) is 7.37. The van der Waals surface area contributed by atoms with E-state index in [2.05, 4.69) is 45.3 Å². The van der Waals surface area contributed by atoms with E-state index in [1.54, 1.807) is 0 Å². The first-order valence-corrected chi connectivity index (χ1v) is 7.37. The number of hydrogen-bond donors (Lipinski definition) is 2. The summed E-state index contributed by atoms with van der Waals surface area (Å²) in [5.41, 5.74) is 3.27. The summed E-state index contributed by atoms with van der Waals surface area (Å²) in [6, 6.07) is 6.08. The van der Waals surface area contributed by atoms with Gasteiger partial charge in [-0.2, -0.15) is 0 Å². The highest BCUT2D eigenvalue weighted by molar-refractivity contribution is 5.95. The maximum absolute atomic E-state index is 12.4. The van der Waals surface area contributed by atoms with Crippen LogP contribution in [0.4, 0.5) is 5.69 Å². The molecular formula is C17H26N2O. The Bertz CT molecular complexity index is 518. The van der Waals surface area contributed by atoms with Gasteiger partial charge in [-0.3, -0.25) is 4.79 Å². The Labute approximate surface area is 122 Å². The van der Waals surface area contributed by atoms with E-state index in [-0.39, 0.29) is 22.8 Å². The minimum atomic E-state index is 0.0276. The molecule has 1 fully saturated rings. The highest BCUT2D eigenvalue weighted by Crippen LogP contribution is 2.62. The maximum Gasteiger partial charge on any atom is 0.251 e. The standard InChI is InChI=1S/C17H26N2O/c1-7-18-13-9-8-12(10-11(13)2)14(20)19-15-16(3,4)17(15,5)6/h8-10,15,18H,7H2,1-6H3,(H,19,20). The van der Waals surface area contributed by atoms with Crippen LogP contribution < -0.4 is 10.6 Å². The van der Waals surface area contributed by atoms with Crippen LogP contribution in [0.25, 0.3) is 0 Å². The van der Waals surface area contributed by atoms with E-state index in [1.807, 2.05) is 25.1 Å². The van der Waals surface area contributed by atoms with Gasteiger partial charge in [0.2, 0.25) is 0 Å². The minimum Gasteiger partial charge on any atom is -0.385 e. The fraction of sp³-hybridized carbons (Fsp3) is 0.588. The van der Waals surface area contributed by atoms with Gasteiger partial charge < -0.3 is 10.6 Å². The molecule has 3 heteroatoms. The lowest BCUT2D eigenvalue weighted by Crippen LogP contribution is -2.29. The monoisotopic (exact) mass is 274 g/mol. The number of amides is 1. The van der Waals surface area contributed by atoms with Crippen molar-refractivity contribution in [3.05, 3.63) is 29.3 Å². The van der Waals surface area contributed by atoms with Crippen LogP contribution >= 0.6 is 0 Å². The molecule has 20 heavy (non-hydrogen) atoms. The number of anilines is 1. The van der Waals surface area contributed by atoms with Gasteiger partial charge in [0.1, 0.15) is 0 Å². The third kappa shape index (κ3) is 2.30. The van der Waals surface area contributed by atoms with Crippen LogP contribution in [0, 0.1) is 17.8 Å². The van der Waals surface area contributed by atoms with Crippen LogP contribution in [0.3, 0.4) is 0 Å². The number of benzene rings is 1. The third-order valence-corrected chi connectivity index (χ3v) is 5.15. The van der Waals surface area contributed by atoms with E-state index < -0.39 is 0 Å². The van der Waals surface area contributed by atoms with Gasteiger partial charge in [0.05, 0.1) is 0 Å². The average Bonchev–Trinajstić information content (AvgIpc) is 2.74. The van der Waals surface area contributed by atoms with Crippen molar-refractivity contribution in [1.29, 1.82) is 0 Å². The second-order valence-electron chi connectivity index (χ2n) is 6.91. The van der Waals surface area contributed by atoms with Crippen LogP contribution in [0.15, 0.2) is 18.2 Å². The Kier molecular flexibility index (Phi) is 3.57. The van der Waals surface area contributed by atoms with Gasteiger partial charge in [0.25, 0.3) is 5.91 Å². The van der Waals surface area contributed by atoms with Gasteiger partial charge >= 0.3 is 0 Å². The van der Waals surface area contributed by atoms with Gasteiger partial charge in [-0.05, 0) is 48.4 Å². The molecule has 2 N–H and O–H groups in total. The topological polar surface area (TPSA) is 41.1 Å². The van der Waals surface area contributed by atoms with Crippen molar-refractivity contribution in [2.24, 2.45) is 10.8 Å². The lowest BCUT2D eigenvalue weighted by molar-refractivity contribution is 0.0943. The molecule has 0 atom stereocenters. The van der Waals surface area contributed by atoms with Crippen LogP contribution in [0.2, 0.25) is 0 Å². The van der Waals surface area contributed by atoms with Crippen molar-refractivity contribution in [2.45, 2.75) is 47.6 Å². The van der Waals surface area contributed by atoms with Gasteiger partial charge in [-0.15, -0.1) is 0 Å². The smallest absolute Gasteiger partial charge is 0.251 e. The van der Waals surface area contributed by atoms with Crippen LogP contribution in [-0.2, 0) is 0 Å². The van der Waals surface area contributed by atoms with Crippen LogP contribution in [0.5, 0.6) is 0 Å². The molecule has 0 heterocycles. The highest BCUT2D eigenvalue weighted by atomic mass is 16.1. The van der Waals surface area contributed by atoms with E-state index in [4.69, 9.17) is 0 Å². The summed E-state index contributed by atoms with van der Waals surface area (Å²) in [5, 5.41) is 6.46. The minimum absolute atomic E-state index is 0.0276. The number of rotatable bonds is 4. The predicted molar refractivity (Wildman–Crippen MR) is 84.2 cm³/mol. The normalized spacial score (nSPS) is 19.5. The molecule has 3 nitrogen and oxygen atoms in total. The first kappa shape index (κ1) is 14.9. The fourth-order valence-corrected chi connectivity index (χ4v) is 2.97. The quantitative estimate of drug-likeness (QED) is 0.881. The zero-order valence-electron chi connectivity index (χ0n) is 13.4. The van der Waals surface area contributed by atoms with E-state index >= 15 is 0 Å². The van der Waals surface area contributed by atoms with Gasteiger partial charge in [0.15, 0.2) is 0 Å². The summed E-state index contributed by atoms with van der Waals surface area (Å²) in [5.74, 6) is 0.0276. The molecule has 110 valence electrons. The second kappa shape index (κ2) is 4.80. The Morgan fingerprint density at radius 2 is 1.80 bits per heavy atom. The van der Waals surface area contributed by atoms with E-state index in [0.29, 0.717) is 0 Å². The maximum atomic E-state index is 12.4. The Hall–Kier alpha value is -1.51. The number of carbonyl (C=O) groups is 1. The van der Waals surface area contributed by atoms with Gasteiger partial charge in [-0.25, -0.2) is 0 Å². The summed E-state index contributed by atoms with van der Waals surface area (Å²) < 4.78 is 0. The molecule has 1 aromatic rings. The zero-order chi connectivity index (χ0) is 15.1. The van der Waals surface area contributed by atoms with E-state index in [0.717, 1.165) is 23.4 Å². The van der Waals surface area contributed by atoms with Crippen molar-refractivity contribution in [1.82, 2.24) is 5.32 Å². The van der Waals surface area contributed by atoms with Crippen molar-refractivity contribution in [3.8, 4) is 0 Å². The number of nitrogens with one attached hydrogen (secondary N) is 2. The summed E-state index contributed by atoms with van der Waals surface area (Å²) in [6.07, 6.45) is 0. The molecule has 0 unspecified atom stereocenters. The van der Waals surface area contributed by atoms with Crippen LogP contribution in [0.1, 0.15) is 50.5 Å². The van der Waals surface area contributed by atoms with E-state index in [9.17, 15) is 4.79 Å². The molecule has 0 saturated heterocycles. The SMILES string of the molecule is CCNc1ccc(C(=O)NC2C(C)(C)C2(C)C)cc1C. The molecule has 2 rings (SSSR count). The molecule has 1 aliphatic rings. The molecule has 0 aliphatic heterocycles. The summed E-state index contributed by atoms with van der Waals surface area (Å²) in [6.45, 7) is 13.8. The lowest BCUT2D eigenvalue weighted by Gasteiger charge is -2.11. The molecule has 1 aliphatic carbocycles. The van der Waals surface area contributed by atoms with Crippen molar-refractivity contribution in [3.63, 3.8) is 0 Å². The van der Waals surface area contributed by atoms with E-state index in [1.165, 1.54) is 0 Å². The zero-order valence-corrected chi connectivity index (χ0v) is 13.4. The summed E-state index contributed by atoms with van der Waals surface area (Å²) in [7, 11) is 0. The van der Waals surface area contributed by atoms with Crippen molar-refractivity contribution in [2.75, 3.05) is 11.9 Å². The first-order chi connectivity index (χ1) is 9.21. The predicted octanol–water partition coefficient (Wildman–Crippen LogP) is 3.59. The second-order valence-corrected chi connectivity index (χ2v) is 6.91. The Balaban J connectivity index is 2.10. The largest absolute Gasteiger partial charge is 0.385 e. The molecule has 0 radical (unpaired) electrons. The molecule has 1 saturated carbocycles. The molecule has 1 aromatic carbocycles. The number of aryl methyl sites for hydroxylation is 1. The molecule has 0 bridgehead atoms. The van der Waals surface area contributed by atoms with Gasteiger partial charge in [-0.1, -0.05) is 27.7 Å². The van der Waals surface area contributed by atoms with Crippen LogP contribution in [-0.4, -0.2) is 18.5 Å². The molecular weight excluding hydrogens is 248 g/mol. The third-order valence-electron chi connectivity index (χ3n) is 5.15. The highest BCUT2D eigenvalue weighted by Gasteiger charge is 2.65. The van der Waals surface area contributed by atoms with Crippen molar-refractivity contribution < 1.29 is 4.79 Å². The summed E-state index contributed by atoms with van der Waals surface area (Å²) >= 11 is 0. The van der Waals surface area contributed by atoms with Gasteiger partial charge in [0, 0.05) is 23.8 Å². The van der Waals surface area contributed by atoms with Crippen molar-refractivity contribution >= 4 is 11.6 Å². The molecule has 0 aromatic heterocycles. The summed E-state index contributed by atoms with van der Waals surface area (Å²) in [4.78, 5) is 12.4. The lowest BCUT2D eigenvalue weighted by atomic mass is 10.0. The molecule has 1 amide bonds. The Morgan fingerprint density at radius 1 is 1.20 bits per heavy atom. The fourth-order valence-electron chi connectivity index (χ4n) is 2.97. The number of hydrogen-bond acceptors (Lipinski definition) is 2. The number of carbonyl (C=O) groups excluding carboxylic acids is 1.